The summed E-state index contributed by atoms with van der Waals surface area (Å²) in [6.07, 6.45) is 9.31. The van der Waals surface area contributed by atoms with Gasteiger partial charge < -0.3 is 5.73 Å². The Bertz CT molecular complexity index is 511. The molecule has 74 valence electrons. The van der Waals surface area contributed by atoms with Gasteiger partial charge in [-0.3, -0.25) is 9.69 Å². The van der Waals surface area contributed by atoms with Crippen molar-refractivity contribution in [3.8, 4) is 0 Å². The zero-order valence-electron chi connectivity index (χ0n) is 7.68. The van der Waals surface area contributed by atoms with Crippen LogP contribution in [-0.2, 0) is 4.79 Å². The van der Waals surface area contributed by atoms with Gasteiger partial charge in [-0.2, -0.15) is 4.40 Å². The molecule has 3 aliphatic rings. The summed E-state index contributed by atoms with van der Waals surface area (Å²) in [6, 6.07) is 0. The molecule has 3 heterocycles. The Morgan fingerprint density at radius 3 is 3.13 bits per heavy atom. The molecule has 15 heavy (non-hydrogen) atoms. The number of carbonyl (C=O) groups is 1. The molecule has 0 unspecified atom stereocenters. The highest BCUT2D eigenvalue weighted by atomic mass is 32.2. The molecule has 0 spiro atoms. The lowest BCUT2D eigenvalue weighted by Gasteiger charge is -2.26. The van der Waals surface area contributed by atoms with E-state index >= 15 is 0 Å². The molecule has 0 saturated carbocycles. The van der Waals surface area contributed by atoms with Gasteiger partial charge in [-0.15, -0.1) is 0 Å². The number of hydrogen-bond acceptors (Lipinski definition) is 4. The van der Waals surface area contributed by atoms with Crippen LogP contribution < -0.4 is 5.73 Å². The molecule has 4 nitrogen and oxygen atoms in total. The summed E-state index contributed by atoms with van der Waals surface area (Å²) in [4.78, 5) is 13.1. The van der Waals surface area contributed by atoms with Crippen LogP contribution in [0.2, 0.25) is 0 Å². The van der Waals surface area contributed by atoms with E-state index in [9.17, 15) is 4.79 Å². The zero-order chi connectivity index (χ0) is 10.4. The third kappa shape index (κ3) is 1.16. The lowest BCUT2D eigenvalue weighted by Crippen LogP contribution is -2.28. The molecule has 0 bridgehead atoms. The quantitative estimate of drug-likeness (QED) is 0.668. The fraction of sp³-hybridized carbons (Fsp3) is 0. The fourth-order valence-electron chi connectivity index (χ4n) is 1.64. The normalized spacial score (nSPS) is 21.5. The van der Waals surface area contributed by atoms with Crippen LogP contribution >= 0.6 is 11.9 Å². The van der Waals surface area contributed by atoms with Gasteiger partial charge in [0.2, 0.25) is 5.91 Å². The minimum Gasteiger partial charge on any atom is -0.366 e. The highest BCUT2D eigenvalue weighted by molar-refractivity contribution is 8.02. The number of rotatable bonds is 1. The molecular weight excluding hydrogens is 210 g/mol. The first-order valence-corrected chi connectivity index (χ1v) is 5.20. The molecule has 3 aliphatic heterocycles. The smallest absolute Gasteiger partial charge is 0.248 e. The molecule has 3 rings (SSSR count). The summed E-state index contributed by atoms with van der Waals surface area (Å²) in [5.74, 6) is 0.482. The lowest BCUT2D eigenvalue weighted by atomic mass is 10.1. The molecule has 0 atom stereocenters. The maximum atomic E-state index is 11.1. The maximum absolute atomic E-state index is 11.1. The monoisotopic (exact) mass is 217 g/mol. The number of nitrogens with zero attached hydrogens (tertiary/aromatic N) is 2. The molecule has 2 N–H and O–H groups in total. The largest absolute Gasteiger partial charge is 0.366 e. The maximum Gasteiger partial charge on any atom is 0.248 e. The Morgan fingerprint density at radius 1 is 1.47 bits per heavy atom. The van der Waals surface area contributed by atoms with Crippen molar-refractivity contribution in [2.75, 3.05) is 0 Å². The van der Waals surface area contributed by atoms with E-state index in [0.717, 1.165) is 16.6 Å². The fourth-order valence-corrected chi connectivity index (χ4v) is 2.43. The van der Waals surface area contributed by atoms with Crippen molar-refractivity contribution in [2.45, 2.75) is 0 Å². The molecular formula is C10H7N3OS. The van der Waals surface area contributed by atoms with Gasteiger partial charge in [0.05, 0.1) is 0 Å². The van der Waals surface area contributed by atoms with Crippen molar-refractivity contribution in [1.82, 2.24) is 4.90 Å². The minimum absolute atomic E-state index is 0.411. The average Bonchev–Trinajstić information content (AvgIpc) is 2.64. The van der Waals surface area contributed by atoms with Crippen LogP contribution in [0.5, 0.6) is 0 Å². The van der Waals surface area contributed by atoms with Gasteiger partial charge in [0, 0.05) is 23.2 Å². The van der Waals surface area contributed by atoms with Gasteiger partial charge in [-0.1, -0.05) is 6.08 Å². The summed E-state index contributed by atoms with van der Waals surface area (Å²) >= 11 is 1.36. The first-order chi connectivity index (χ1) is 7.25. The van der Waals surface area contributed by atoms with Gasteiger partial charge in [0.25, 0.3) is 0 Å². The SMILES string of the molecule is NC(=O)C1=CC2=CC=CC3=NSC(=C1)N23. The second kappa shape index (κ2) is 2.87. The third-order valence-corrected chi connectivity index (χ3v) is 3.09. The Balaban J connectivity index is 2.14. The lowest BCUT2D eigenvalue weighted by molar-refractivity contribution is -0.114. The highest BCUT2D eigenvalue weighted by Crippen LogP contribution is 2.38. The zero-order valence-corrected chi connectivity index (χ0v) is 8.49. The number of primary amides is 1. The van der Waals surface area contributed by atoms with Crippen molar-refractivity contribution in [3.05, 3.63) is 46.7 Å². The first kappa shape index (κ1) is 8.55. The van der Waals surface area contributed by atoms with Crippen molar-refractivity contribution in [2.24, 2.45) is 10.1 Å². The molecule has 0 fully saturated rings. The number of allylic oxidation sites excluding steroid dienone is 3. The van der Waals surface area contributed by atoms with Crippen LogP contribution in [0.4, 0.5) is 0 Å². The van der Waals surface area contributed by atoms with Gasteiger partial charge in [-0.25, -0.2) is 0 Å². The van der Waals surface area contributed by atoms with Gasteiger partial charge in [0.15, 0.2) is 0 Å². The van der Waals surface area contributed by atoms with E-state index in [4.69, 9.17) is 5.73 Å². The average molecular weight is 217 g/mol. The summed E-state index contributed by atoms with van der Waals surface area (Å²) < 4.78 is 4.27. The number of nitrogens with two attached hydrogens (primary N) is 1. The van der Waals surface area contributed by atoms with Crippen LogP contribution in [0, 0.1) is 0 Å². The third-order valence-electron chi connectivity index (χ3n) is 2.32. The number of hydrogen-bond donors (Lipinski definition) is 1. The number of carbonyl (C=O) groups excluding carboxylic acids is 1. The second-order valence-electron chi connectivity index (χ2n) is 3.27. The van der Waals surface area contributed by atoms with E-state index in [1.165, 1.54) is 11.9 Å². The standard InChI is InChI=1S/C10H7N3OS/c11-10(14)6-4-7-2-1-3-8-12-15-9(5-6)13(7)8/h1-5H,(H2,11,14). The van der Waals surface area contributed by atoms with Crippen LogP contribution in [0.3, 0.4) is 0 Å². The number of amides is 1. The van der Waals surface area contributed by atoms with E-state index in [0.29, 0.717) is 5.57 Å². The van der Waals surface area contributed by atoms with Crippen molar-refractivity contribution < 1.29 is 4.79 Å². The van der Waals surface area contributed by atoms with Crippen molar-refractivity contribution in [1.29, 1.82) is 0 Å². The summed E-state index contributed by atoms with van der Waals surface area (Å²) in [5, 5.41) is 0.928. The second-order valence-corrected chi connectivity index (χ2v) is 4.06. The van der Waals surface area contributed by atoms with Crippen LogP contribution in [-0.4, -0.2) is 16.6 Å². The highest BCUT2D eigenvalue weighted by Gasteiger charge is 2.29. The Labute approximate surface area is 90.7 Å². The Hall–Kier alpha value is -1.75. The Morgan fingerprint density at radius 2 is 2.33 bits per heavy atom. The minimum atomic E-state index is -0.411. The number of amidine groups is 1. The molecule has 0 saturated heterocycles. The molecule has 1 amide bonds. The Kier molecular flexibility index (Phi) is 1.63. The van der Waals surface area contributed by atoms with Gasteiger partial charge in [-0.05, 0) is 24.3 Å². The van der Waals surface area contributed by atoms with E-state index in [2.05, 4.69) is 4.40 Å². The van der Waals surface area contributed by atoms with E-state index in [1.807, 2.05) is 23.1 Å². The van der Waals surface area contributed by atoms with Crippen LogP contribution in [0.1, 0.15) is 0 Å². The summed E-state index contributed by atoms with van der Waals surface area (Å²) in [7, 11) is 0. The predicted molar refractivity (Wildman–Crippen MR) is 59.4 cm³/mol. The van der Waals surface area contributed by atoms with Gasteiger partial charge >= 0.3 is 0 Å². The molecule has 0 aromatic rings. The van der Waals surface area contributed by atoms with E-state index in [1.54, 1.807) is 12.2 Å². The first-order valence-electron chi connectivity index (χ1n) is 4.42. The van der Waals surface area contributed by atoms with E-state index < -0.39 is 5.91 Å². The summed E-state index contributed by atoms with van der Waals surface area (Å²) in [5.41, 5.74) is 6.72. The van der Waals surface area contributed by atoms with Crippen molar-refractivity contribution in [3.63, 3.8) is 0 Å². The van der Waals surface area contributed by atoms with E-state index in [-0.39, 0.29) is 0 Å². The van der Waals surface area contributed by atoms with Crippen LogP contribution in [0.15, 0.2) is 51.1 Å². The molecule has 0 aromatic heterocycles. The topological polar surface area (TPSA) is 58.7 Å². The molecule has 0 radical (unpaired) electrons. The summed E-state index contributed by atoms with van der Waals surface area (Å²) in [6.45, 7) is 0. The van der Waals surface area contributed by atoms with Gasteiger partial charge in [0.1, 0.15) is 10.9 Å². The molecule has 0 aromatic carbocycles. The predicted octanol–water partition coefficient (Wildman–Crippen LogP) is 1.07. The van der Waals surface area contributed by atoms with Crippen molar-refractivity contribution >= 4 is 23.7 Å². The van der Waals surface area contributed by atoms with Crippen LogP contribution in [0.25, 0.3) is 0 Å². The molecule has 0 aliphatic carbocycles. The molecule has 5 heteroatoms.